The molecule has 3 atom stereocenters. The van der Waals surface area contributed by atoms with Crippen molar-refractivity contribution in [1.29, 1.82) is 0 Å². The third kappa shape index (κ3) is 2.32. The molecule has 1 heterocycles. The predicted octanol–water partition coefficient (Wildman–Crippen LogP) is 1.93. The van der Waals surface area contributed by atoms with Crippen molar-refractivity contribution in [2.75, 3.05) is 6.54 Å². The zero-order valence-electron chi connectivity index (χ0n) is 7.57. The van der Waals surface area contributed by atoms with Crippen LogP contribution < -0.4 is 5.32 Å². The van der Waals surface area contributed by atoms with E-state index in [1.165, 1.54) is 6.92 Å². The Balaban J connectivity index is 2.64. The van der Waals surface area contributed by atoms with Gasteiger partial charge in [0.1, 0.15) is 5.38 Å². The van der Waals surface area contributed by atoms with Gasteiger partial charge in [0, 0.05) is 12.5 Å². The summed E-state index contributed by atoms with van der Waals surface area (Å²) in [5.74, 6) is -1.81. The highest BCUT2D eigenvalue weighted by Crippen LogP contribution is 2.36. The molecule has 1 aliphatic heterocycles. The maximum Gasteiger partial charge on any atom is 0.405 e. The number of carbonyl (C=O) groups is 1. The van der Waals surface area contributed by atoms with E-state index in [4.69, 9.17) is 11.6 Å². The van der Waals surface area contributed by atoms with E-state index in [1.807, 2.05) is 0 Å². The Kier molecular flexibility index (Phi) is 3.29. The van der Waals surface area contributed by atoms with Crippen molar-refractivity contribution in [3.63, 3.8) is 0 Å². The first-order chi connectivity index (χ1) is 6.34. The van der Waals surface area contributed by atoms with Gasteiger partial charge in [-0.2, -0.15) is 13.2 Å². The van der Waals surface area contributed by atoms with Crippen molar-refractivity contribution >= 4 is 17.5 Å². The SMILES string of the molecule is CC(C1CCNC1=O)C(Cl)C(F)(F)F. The maximum atomic E-state index is 12.2. The van der Waals surface area contributed by atoms with Crippen LogP contribution in [-0.2, 0) is 4.79 Å². The Bertz CT molecular complexity index is 231. The lowest BCUT2D eigenvalue weighted by molar-refractivity contribution is -0.145. The third-order valence-corrected chi connectivity index (χ3v) is 3.15. The molecule has 1 aliphatic rings. The van der Waals surface area contributed by atoms with Crippen molar-refractivity contribution in [1.82, 2.24) is 5.32 Å². The molecule has 0 radical (unpaired) electrons. The van der Waals surface area contributed by atoms with Crippen LogP contribution in [0.1, 0.15) is 13.3 Å². The Morgan fingerprint density at radius 3 is 2.50 bits per heavy atom. The molecule has 0 aromatic heterocycles. The van der Waals surface area contributed by atoms with Crippen LogP contribution in [0.15, 0.2) is 0 Å². The maximum absolute atomic E-state index is 12.2. The topological polar surface area (TPSA) is 29.1 Å². The fourth-order valence-electron chi connectivity index (χ4n) is 1.62. The van der Waals surface area contributed by atoms with E-state index < -0.39 is 23.4 Å². The average Bonchev–Trinajstić information content (AvgIpc) is 2.47. The van der Waals surface area contributed by atoms with E-state index in [2.05, 4.69) is 5.32 Å². The lowest BCUT2D eigenvalue weighted by Crippen LogP contribution is -2.36. The summed E-state index contributed by atoms with van der Waals surface area (Å²) in [7, 11) is 0. The molecule has 6 heteroatoms. The minimum Gasteiger partial charge on any atom is -0.356 e. The first kappa shape index (κ1) is 11.6. The van der Waals surface area contributed by atoms with Gasteiger partial charge in [-0.15, -0.1) is 11.6 Å². The molecule has 1 N–H and O–H groups in total. The van der Waals surface area contributed by atoms with Gasteiger partial charge in [0.2, 0.25) is 5.91 Å². The third-order valence-electron chi connectivity index (χ3n) is 2.50. The van der Waals surface area contributed by atoms with E-state index in [-0.39, 0.29) is 5.91 Å². The van der Waals surface area contributed by atoms with E-state index in [0.29, 0.717) is 13.0 Å². The molecule has 0 bridgehead atoms. The minimum atomic E-state index is -4.44. The van der Waals surface area contributed by atoms with Crippen LogP contribution in [0.3, 0.4) is 0 Å². The summed E-state index contributed by atoms with van der Waals surface area (Å²) in [6, 6.07) is 0. The lowest BCUT2D eigenvalue weighted by Gasteiger charge is -2.23. The standard InChI is InChI=1S/C8H11ClF3NO/c1-4(6(9)8(10,11)12)5-2-3-13-7(5)14/h4-6H,2-3H2,1H3,(H,13,14). The number of carbonyl (C=O) groups excluding carboxylic acids is 1. The summed E-state index contributed by atoms with van der Waals surface area (Å²) >= 11 is 5.25. The van der Waals surface area contributed by atoms with Gasteiger partial charge in [0.25, 0.3) is 0 Å². The molecular formula is C8H11ClF3NO. The summed E-state index contributed by atoms with van der Waals surface area (Å²) in [4.78, 5) is 11.1. The number of nitrogens with one attached hydrogen (secondary N) is 1. The Labute approximate surface area is 84.8 Å². The summed E-state index contributed by atoms with van der Waals surface area (Å²) in [6.07, 6.45) is -4.01. The van der Waals surface area contributed by atoms with Crippen molar-refractivity contribution in [3.8, 4) is 0 Å². The Hall–Kier alpha value is -0.450. The Morgan fingerprint density at radius 1 is 1.57 bits per heavy atom. The predicted molar refractivity (Wildman–Crippen MR) is 46.0 cm³/mol. The van der Waals surface area contributed by atoms with Gasteiger partial charge in [0.05, 0.1) is 0 Å². The van der Waals surface area contributed by atoms with Gasteiger partial charge in [-0.3, -0.25) is 4.79 Å². The smallest absolute Gasteiger partial charge is 0.356 e. The second-order valence-electron chi connectivity index (χ2n) is 3.49. The molecule has 2 nitrogen and oxygen atoms in total. The molecule has 14 heavy (non-hydrogen) atoms. The normalized spacial score (nSPS) is 27.2. The summed E-state index contributed by atoms with van der Waals surface area (Å²) in [6.45, 7) is 1.80. The van der Waals surface area contributed by atoms with Crippen molar-refractivity contribution in [2.45, 2.75) is 24.9 Å². The molecule has 0 saturated carbocycles. The zero-order valence-corrected chi connectivity index (χ0v) is 8.32. The van der Waals surface area contributed by atoms with Crippen molar-refractivity contribution < 1.29 is 18.0 Å². The van der Waals surface area contributed by atoms with Crippen LogP contribution in [0.5, 0.6) is 0 Å². The van der Waals surface area contributed by atoms with Crippen LogP contribution >= 0.6 is 11.6 Å². The summed E-state index contributed by atoms with van der Waals surface area (Å²) < 4.78 is 36.6. The fourth-order valence-corrected chi connectivity index (χ4v) is 1.79. The number of halogens is 4. The van der Waals surface area contributed by atoms with Gasteiger partial charge in [-0.05, 0) is 12.3 Å². The van der Waals surface area contributed by atoms with Crippen LogP contribution in [0, 0.1) is 11.8 Å². The molecule has 1 fully saturated rings. The molecule has 1 amide bonds. The second kappa shape index (κ2) is 3.96. The molecule has 1 saturated heterocycles. The van der Waals surface area contributed by atoms with Crippen molar-refractivity contribution in [2.24, 2.45) is 11.8 Å². The Morgan fingerprint density at radius 2 is 2.14 bits per heavy atom. The van der Waals surface area contributed by atoms with Gasteiger partial charge >= 0.3 is 6.18 Å². The molecule has 1 rings (SSSR count). The molecule has 3 unspecified atom stereocenters. The number of alkyl halides is 4. The number of hydrogen-bond acceptors (Lipinski definition) is 1. The zero-order chi connectivity index (χ0) is 10.9. The van der Waals surface area contributed by atoms with E-state index >= 15 is 0 Å². The highest BCUT2D eigenvalue weighted by atomic mass is 35.5. The van der Waals surface area contributed by atoms with Gasteiger partial charge in [-0.25, -0.2) is 0 Å². The number of amides is 1. The molecular weight excluding hydrogens is 219 g/mol. The van der Waals surface area contributed by atoms with Gasteiger partial charge in [-0.1, -0.05) is 6.92 Å². The second-order valence-corrected chi connectivity index (χ2v) is 3.96. The quantitative estimate of drug-likeness (QED) is 0.721. The monoisotopic (exact) mass is 229 g/mol. The lowest BCUT2D eigenvalue weighted by atomic mass is 9.89. The molecule has 0 spiro atoms. The first-order valence-corrected chi connectivity index (χ1v) is 4.76. The van der Waals surface area contributed by atoms with E-state index in [0.717, 1.165) is 0 Å². The number of rotatable bonds is 2. The molecule has 0 aromatic carbocycles. The van der Waals surface area contributed by atoms with E-state index in [9.17, 15) is 18.0 Å². The van der Waals surface area contributed by atoms with Crippen LogP contribution in [-0.4, -0.2) is 24.0 Å². The largest absolute Gasteiger partial charge is 0.405 e. The van der Waals surface area contributed by atoms with Crippen LogP contribution in [0.4, 0.5) is 13.2 Å². The van der Waals surface area contributed by atoms with Crippen LogP contribution in [0.25, 0.3) is 0 Å². The van der Waals surface area contributed by atoms with Gasteiger partial charge in [0.15, 0.2) is 0 Å². The fraction of sp³-hybridized carbons (Fsp3) is 0.875. The molecule has 82 valence electrons. The molecule has 0 aromatic rings. The summed E-state index contributed by atoms with van der Waals surface area (Å²) in [5, 5.41) is 0.544. The summed E-state index contributed by atoms with van der Waals surface area (Å²) in [5.41, 5.74) is 0. The first-order valence-electron chi connectivity index (χ1n) is 4.32. The van der Waals surface area contributed by atoms with Crippen molar-refractivity contribution in [3.05, 3.63) is 0 Å². The minimum absolute atomic E-state index is 0.326. The van der Waals surface area contributed by atoms with E-state index in [1.54, 1.807) is 0 Å². The van der Waals surface area contributed by atoms with Gasteiger partial charge < -0.3 is 5.32 Å². The number of hydrogen-bond donors (Lipinski definition) is 1. The molecule has 0 aliphatic carbocycles. The van der Waals surface area contributed by atoms with Crippen LogP contribution in [0.2, 0.25) is 0 Å². The highest BCUT2D eigenvalue weighted by Gasteiger charge is 2.46. The highest BCUT2D eigenvalue weighted by molar-refractivity contribution is 6.21. The average molecular weight is 230 g/mol.